The number of benzene rings is 2. The van der Waals surface area contributed by atoms with Crippen molar-refractivity contribution in [3.05, 3.63) is 64.5 Å². The summed E-state index contributed by atoms with van der Waals surface area (Å²) in [6, 6.07) is 14.6. The van der Waals surface area contributed by atoms with Gasteiger partial charge in [0.15, 0.2) is 0 Å². The van der Waals surface area contributed by atoms with E-state index in [2.05, 4.69) is 0 Å². The van der Waals surface area contributed by atoms with Crippen molar-refractivity contribution >= 4 is 16.9 Å². The molecule has 0 bridgehead atoms. The van der Waals surface area contributed by atoms with Crippen molar-refractivity contribution < 1.29 is 18.7 Å². The van der Waals surface area contributed by atoms with E-state index in [-0.39, 0.29) is 12.0 Å². The van der Waals surface area contributed by atoms with Gasteiger partial charge >= 0.3 is 11.6 Å². The molecule has 0 amide bonds. The highest BCUT2D eigenvalue weighted by atomic mass is 16.5. The minimum atomic E-state index is -0.545. The number of fused-ring (bicyclic) bond motifs is 1. The second-order valence-corrected chi connectivity index (χ2v) is 5.22. The summed E-state index contributed by atoms with van der Waals surface area (Å²) in [5.74, 6) is 0.138. The van der Waals surface area contributed by atoms with Crippen molar-refractivity contribution in [3.8, 4) is 16.9 Å². The molecule has 1 heterocycles. The number of ether oxygens (including phenoxy) is 2. The summed E-state index contributed by atoms with van der Waals surface area (Å²) in [6.07, 6.45) is -0.157. The summed E-state index contributed by atoms with van der Waals surface area (Å²) < 4.78 is 15.4. The van der Waals surface area contributed by atoms with Gasteiger partial charge in [0, 0.05) is 10.9 Å². The quantitative estimate of drug-likeness (QED) is 0.545. The normalized spacial score (nSPS) is 10.6. The van der Waals surface area contributed by atoms with Crippen LogP contribution < -0.4 is 10.4 Å². The average Bonchev–Trinajstić information content (AvgIpc) is 2.62. The Kier molecular flexibility index (Phi) is 4.33. The van der Waals surface area contributed by atoms with E-state index in [1.165, 1.54) is 7.11 Å². The maximum Gasteiger partial charge on any atom is 0.340 e. The third-order valence-electron chi connectivity index (χ3n) is 3.82. The van der Waals surface area contributed by atoms with E-state index in [9.17, 15) is 9.59 Å². The van der Waals surface area contributed by atoms with Gasteiger partial charge in [0.05, 0.1) is 26.2 Å². The molecule has 2 aromatic carbocycles. The molecule has 0 aliphatic carbocycles. The fourth-order valence-corrected chi connectivity index (χ4v) is 2.66. The third-order valence-corrected chi connectivity index (χ3v) is 3.82. The topological polar surface area (TPSA) is 65.7 Å². The fourth-order valence-electron chi connectivity index (χ4n) is 2.66. The van der Waals surface area contributed by atoms with Crippen molar-refractivity contribution in [1.29, 1.82) is 0 Å². The number of carbonyl (C=O) groups is 1. The van der Waals surface area contributed by atoms with Crippen LogP contribution in [0.2, 0.25) is 0 Å². The molecule has 0 unspecified atom stereocenters. The maximum atomic E-state index is 12.4. The predicted molar refractivity (Wildman–Crippen MR) is 90.2 cm³/mol. The number of esters is 1. The van der Waals surface area contributed by atoms with Gasteiger partial charge in [-0.1, -0.05) is 30.3 Å². The minimum Gasteiger partial charge on any atom is -0.497 e. The van der Waals surface area contributed by atoms with Crippen molar-refractivity contribution in [2.75, 3.05) is 14.2 Å². The predicted octanol–water partition coefficient (Wildman–Crippen LogP) is 3.18. The Balaban J connectivity index is 2.37. The van der Waals surface area contributed by atoms with Gasteiger partial charge in [-0.3, -0.25) is 4.79 Å². The fraction of sp³-hybridized carbons (Fsp3) is 0.158. The van der Waals surface area contributed by atoms with Gasteiger partial charge in [-0.2, -0.15) is 0 Å². The molecule has 0 spiro atoms. The van der Waals surface area contributed by atoms with Crippen LogP contribution >= 0.6 is 0 Å². The van der Waals surface area contributed by atoms with Crippen molar-refractivity contribution in [2.45, 2.75) is 6.42 Å². The summed E-state index contributed by atoms with van der Waals surface area (Å²) in [5.41, 5.74) is 1.65. The average molecular weight is 324 g/mol. The van der Waals surface area contributed by atoms with E-state index in [0.29, 0.717) is 22.3 Å². The van der Waals surface area contributed by atoms with Gasteiger partial charge in [0.25, 0.3) is 0 Å². The zero-order valence-electron chi connectivity index (χ0n) is 13.4. The summed E-state index contributed by atoms with van der Waals surface area (Å²) in [5, 5.41) is 0.707. The van der Waals surface area contributed by atoms with E-state index >= 15 is 0 Å². The number of methoxy groups -OCH3 is 2. The van der Waals surface area contributed by atoms with Crippen LogP contribution in [0.15, 0.2) is 57.7 Å². The molecule has 5 heteroatoms. The van der Waals surface area contributed by atoms with Crippen LogP contribution in [-0.4, -0.2) is 20.2 Å². The Hall–Kier alpha value is -3.08. The Morgan fingerprint density at radius 1 is 1.08 bits per heavy atom. The van der Waals surface area contributed by atoms with Crippen molar-refractivity contribution in [2.24, 2.45) is 0 Å². The Labute approximate surface area is 138 Å². The van der Waals surface area contributed by atoms with Crippen LogP contribution in [0, 0.1) is 0 Å². The van der Waals surface area contributed by atoms with E-state index in [1.807, 2.05) is 30.3 Å². The molecule has 0 aliphatic rings. The van der Waals surface area contributed by atoms with E-state index < -0.39 is 11.6 Å². The number of rotatable bonds is 4. The molecule has 0 fully saturated rings. The lowest BCUT2D eigenvalue weighted by Gasteiger charge is -2.12. The van der Waals surface area contributed by atoms with Crippen LogP contribution in [0.1, 0.15) is 5.56 Å². The second-order valence-electron chi connectivity index (χ2n) is 5.22. The third kappa shape index (κ3) is 2.88. The molecule has 0 radical (unpaired) electrons. The largest absolute Gasteiger partial charge is 0.497 e. The van der Waals surface area contributed by atoms with Gasteiger partial charge in [0.1, 0.15) is 11.3 Å². The SMILES string of the molecule is COC(=O)Cc1c(-c2ccccc2)c2cc(OC)ccc2oc1=O. The molecule has 0 saturated carbocycles. The zero-order valence-corrected chi connectivity index (χ0v) is 13.4. The van der Waals surface area contributed by atoms with Crippen LogP contribution in [0.5, 0.6) is 5.75 Å². The van der Waals surface area contributed by atoms with Crippen LogP contribution in [-0.2, 0) is 16.0 Å². The molecule has 0 N–H and O–H groups in total. The molecule has 5 nitrogen and oxygen atoms in total. The van der Waals surface area contributed by atoms with E-state index in [1.54, 1.807) is 25.3 Å². The monoisotopic (exact) mass is 324 g/mol. The standard InChI is InChI=1S/C19H16O5/c1-22-13-8-9-16-14(10-13)18(12-6-4-3-5-7-12)15(19(21)24-16)11-17(20)23-2/h3-10H,11H2,1-2H3. The first-order valence-electron chi connectivity index (χ1n) is 7.40. The van der Waals surface area contributed by atoms with Crippen LogP contribution in [0.4, 0.5) is 0 Å². The summed E-state index contributed by atoms with van der Waals surface area (Å²) in [6.45, 7) is 0. The first-order valence-corrected chi connectivity index (χ1v) is 7.40. The molecule has 1 aromatic heterocycles. The van der Waals surface area contributed by atoms with Gasteiger partial charge in [-0.05, 0) is 23.8 Å². The van der Waals surface area contributed by atoms with Gasteiger partial charge in [-0.15, -0.1) is 0 Å². The lowest BCUT2D eigenvalue weighted by Crippen LogP contribution is -2.16. The summed E-state index contributed by atoms with van der Waals surface area (Å²) in [7, 11) is 2.86. The Bertz CT molecular complexity index is 941. The number of hydrogen-bond acceptors (Lipinski definition) is 5. The molecule has 24 heavy (non-hydrogen) atoms. The smallest absolute Gasteiger partial charge is 0.340 e. The highest BCUT2D eigenvalue weighted by Gasteiger charge is 2.19. The minimum absolute atomic E-state index is 0.157. The molecular formula is C19H16O5. The van der Waals surface area contributed by atoms with Crippen LogP contribution in [0.3, 0.4) is 0 Å². The van der Waals surface area contributed by atoms with E-state index in [4.69, 9.17) is 13.9 Å². The Morgan fingerprint density at radius 3 is 2.50 bits per heavy atom. The number of hydrogen-bond donors (Lipinski definition) is 0. The second kappa shape index (κ2) is 6.58. The molecule has 3 aromatic rings. The maximum absolute atomic E-state index is 12.4. The van der Waals surface area contributed by atoms with Gasteiger partial charge < -0.3 is 13.9 Å². The van der Waals surface area contributed by atoms with E-state index in [0.717, 1.165) is 5.56 Å². The lowest BCUT2D eigenvalue weighted by molar-refractivity contribution is -0.139. The van der Waals surface area contributed by atoms with Crippen molar-refractivity contribution in [3.63, 3.8) is 0 Å². The first-order chi connectivity index (χ1) is 11.6. The zero-order chi connectivity index (χ0) is 17.1. The molecule has 0 saturated heterocycles. The molecule has 0 aliphatic heterocycles. The first kappa shape index (κ1) is 15.8. The Morgan fingerprint density at radius 2 is 1.83 bits per heavy atom. The van der Waals surface area contributed by atoms with Gasteiger partial charge in [0.2, 0.25) is 0 Å². The van der Waals surface area contributed by atoms with Crippen LogP contribution in [0.25, 0.3) is 22.1 Å². The molecule has 122 valence electrons. The highest BCUT2D eigenvalue weighted by Crippen LogP contribution is 2.33. The lowest BCUT2D eigenvalue weighted by atomic mass is 9.95. The summed E-state index contributed by atoms with van der Waals surface area (Å²) in [4.78, 5) is 24.2. The molecular weight excluding hydrogens is 308 g/mol. The summed E-state index contributed by atoms with van der Waals surface area (Å²) >= 11 is 0. The molecule has 3 rings (SSSR count). The molecule has 0 atom stereocenters. The highest BCUT2D eigenvalue weighted by molar-refractivity contribution is 5.96. The van der Waals surface area contributed by atoms with Gasteiger partial charge in [-0.25, -0.2) is 4.79 Å². The number of carbonyl (C=O) groups excluding carboxylic acids is 1. The van der Waals surface area contributed by atoms with Crippen molar-refractivity contribution in [1.82, 2.24) is 0 Å².